The van der Waals surface area contributed by atoms with E-state index in [0.29, 0.717) is 0 Å². The summed E-state index contributed by atoms with van der Waals surface area (Å²) < 4.78 is 30.7. The van der Waals surface area contributed by atoms with E-state index in [1.165, 1.54) is 6.07 Å². The van der Waals surface area contributed by atoms with E-state index in [1.54, 1.807) is 6.92 Å². The third-order valence-electron chi connectivity index (χ3n) is 3.20. The molecule has 120 valence electrons. The number of benzene rings is 1. The highest BCUT2D eigenvalue weighted by Crippen LogP contribution is 2.33. The van der Waals surface area contributed by atoms with E-state index in [-0.39, 0.29) is 24.7 Å². The van der Waals surface area contributed by atoms with Gasteiger partial charge in [-0.15, -0.1) is 0 Å². The van der Waals surface area contributed by atoms with Gasteiger partial charge in [-0.2, -0.15) is 4.31 Å². The Morgan fingerprint density at radius 2 is 2.14 bits per heavy atom. The number of nitrogens with zero attached hydrogens (tertiary/aromatic N) is 2. The summed E-state index contributed by atoms with van der Waals surface area (Å²) in [4.78, 5) is 21.2. The molecule has 0 amide bonds. The highest BCUT2D eigenvalue weighted by atomic mass is 35.5. The van der Waals surface area contributed by atoms with Crippen LogP contribution in [-0.4, -0.2) is 43.3 Å². The summed E-state index contributed by atoms with van der Waals surface area (Å²) in [6, 6.07) is 3.32. The third-order valence-corrected chi connectivity index (χ3v) is 5.30. The summed E-state index contributed by atoms with van der Waals surface area (Å²) in [5.41, 5.74) is -0.552. The second kappa shape index (κ2) is 6.19. The number of rotatable bonds is 5. The Labute approximate surface area is 131 Å². The second-order valence-electron chi connectivity index (χ2n) is 4.64. The smallest absolute Gasteiger partial charge is 0.311 e. The average Bonchev–Trinajstić information content (AvgIpc) is 2.36. The zero-order chi connectivity index (χ0) is 16.5. The van der Waals surface area contributed by atoms with E-state index >= 15 is 0 Å². The molecule has 0 radical (unpaired) electrons. The summed E-state index contributed by atoms with van der Waals surface area (Å²) in [6.45, 7) is 1.73. The van der Waals surface area contributed by atoms with Crippen molar-refractivity contribution in [2.24, 2.45) is 5.92 Å². The number of halogens is 1. The Balaban J connectivity index is 2.25. The first-order valence-electron chi connectivity index (χ1n) is 6.38. The highest BCUT2D eigenvalue weighted by Gasteiger charge is 2.43. The Morgan fingerprint density at radius 3 is 2.68 bits per heavy atom. The molecule has 2 rings (SSSR count). The number of hydrogen-bond donors (Lipinski definition) is 0. The summed E-state index contributed by atoms with van der Waals surface area (Å²) in [5.74, 6) is -1.03. The van der Waals surface area contributed by atoms with Crippen molar-refractivity contribution in [2.75, 3.05) is 19.7 Å². The maximum atomic E-state index is 12.4. The molecule has 1 aromatic carbocycles. The molecule has 1 fully saturated rings. The third kappa shape index (κ3) is 3.06. The topological polar surface area (TPSA) is 107 Å². The molecule has 1 heterocycles. The molecule has 0 N–H and O–H groups in total. The van der Waals surface area contributed by atoms with Gasteiger partial charge in [0.05, 0.1) is 17.4 Å². The van der Waals surface area contributed by atoms with Crippen LogP contribution >= 0.6 is 11.6 Å². The van der Waals surface area contributed by atoms with Gasteiger partial charge in [0.25, 0.3) is 5.69 Å². The number of nitro benzene ring substituents is 1. The minimum Gasteiger partial charge on any atom is -0.466 e. The number of carbonyl (C=O) groups excluding carboxylic acids is 1. The van der Waals surface area contributed by atoms with Crippen LogP contribution in [0.15, 0.2) is 23.1 Å². The number of carbonyl (C=O) groups is 1. The lowest BCUT2D eigenvalue weighted by atomic mass is 10.0. The first kappa shape index (κ1) is 16.7. The van der Waals surface area contributed by atoms with Crippen molar-refractivity contribution in [3.05, 3.63) is 33.3 Å². The predicted octanol–water partition coefficient (Wildman–Crippen LogP) is 1.43. The number of nitro groups is 1. The molecular formula is C12H13ClN2O6S. The van der Waals surface area contributed by atoms with Crippen molar-refractivity contribution in [3.63, 3.8) is 0 Å². The molecular weight excluding hydrogens is 336 g/mol. The van der Waals surface area contributed by atoms with Crippen LogP contribution in [0.3, 0.4) is 0 Å². The van der Waals surface area contributed by atoms with Crippen LogP contribution in [0.2, 0.25) is 5.02 Å². The monoisotopic (exact) mass is 348 g/mol. The molecule has 0 spiro atoms. The van der Waals surface area contributed by atoms with Crippen LogP contribution in [0.25, 0.3) is 0 Å². The van der Waals surface area contributed by atoms with Crippen molar-refractivity contribution >= 4 is 33.3 Å². The average molecular weight is 349 g/mol. The lowest BCUT2D eigenvalue weighted by Gasteiger charge is -2.36. The fraction of sp³-hybridized carbons (Fsp3) is 0.417. The van der Waals surface area contributed by atoms with E-state index in [2.05, 4.69) is 0 Å². The molecule has 0 saturated carbocycles. The molecule has 1 saturated heterocycles. The van der Waals surface area contributed by atoms with E-state index < -0.39 is 37.4 Å². The van der Waals surface area contributed by atoms with Crippen LogP contribution in [-0.2, 0) is 19.6 Å². The summed E-state index contributed by atoms with van der Waals surface area (Å²) in [7, 11) is -4.08. The van der Waals surface area contributed by atoms with Crippen molar-refractivity contribution in [1.82, 2.24) is 4.31 Å². The minimum absolute atomic E-state index is 0.0646. The number of esters is 1. The molecule has 8 nitrogen and oxygen atoms in total. The van der Waals surface area contributed by atoms with Crippen LogP contribution in [0, 0.1) is 16.0 Å². The van der Waals surface area contributed by atoms with Crippen LogP contribution < -0.4 is 0 Å². The van der Waals surface area contributed by atoms with Gasteiger partial charge in [-0.25, -0.2) is 8.42 Å². The van der Waals surface area contributed by atoms with Gasteiger partial charge in [-0.1, -0.05) is 11.6 Å². The van der Waals surface area contributed by atoms with E-state index in [1.807, 2.05) is 0 Å². The lowest BCUT2D eigenvalue weighted by molar-refractivity contribution is -0.387. The maximum absolute atomic E-state index is 12.4. The first-order valence-corrected chi connectivity index (χ1v) is 8.20. The molecule has 0 unspecified atom stereocenters. The van der Waals surface area contributed by atoms with E-state index in [4.69, 9.17) is 16.3 Å². The Bertz CT molecular complexity index is 714. The van der Waals surface area contributed by atoms with Gasteiger partial charge >= 0.3 is 5.97 Å². The van der Waals surface area contributed by atoms with Gasteiger partial charge in [0.1, 0.15) is 0 Å². The Kier molecular flexibility index (Phi) is 4.69. The standard InChI is InChI=1S/C12H13ClN2O6S/c1-2-21-12(16)8-6-14(7-8)22(19,20)11-5-9(13)3-4-10(11)15(17)18/h3-5,8H,2,6-7H2,1H3. The summed E-state index contributed by atoms with van der Waals surface area (Å²) in [6.07, 6.45) is 0. The molecule has 10 heteroatoms. The zero-order valence-corrected chi connectivity index (χ0v) is 13.1. The molecule has 1 aromatic rings. The molecule has 1 aliphatic rings. The predicted molar refractivity (Wildman–Crippen MR) is 77.0 cm³/mol. The molecule has 0 atom stereocenters. The largest absolute Gasteiger partial charge is 0.466 e. The molecule has 0 bridgehead atoms. The number of sulfonamides is 1. The summed E-state index contributed by atoms with van der Waals surface area (Å²) in [5, 5.41) is 11.0. The fourth-order valence-corrected chi connectivity index (χ4v) is 3.98. The second-order valence-corrected chi connectivity index (χ2v) is 6.98. The maximum Gasteiger partial charge on any atom is 0.311 e. The lowest BCUT2D eigenvalue weighted by Crippen LogP contribution is -2.53. The highest BCUT2D eigenvalue weighted by molar-refractivity contribution is 7.89. The normalized spacial score (nSPS) is 16.1. The van der Waals surface area contributed by atoms with E-state index in [9.17, 15) is 23.3 Å². The van der Waals surface area contributed by atoms with Gasteiger partial charge < -0.3 is 4.74 Å². The van der Waals surface area contributed by atoms with Crippen molar-refractivity contribution in [3.8, 4) is 0 Å². The van der Waals surface area contributed by atoms with Crippen LogP contribution in [0.4, 0.5) is 5.69 Å². The van der Waals surface area contributed by atoms with Gasteiger partial charge in [-0.3, -0.25) is 14.9 Å². The SMILES string of the molecule is CCOC(=O)C1CN(S(=O)(=O)c2cc(Cl)ccc2[N+](=O)[O-])C1. The minimum atomic E-state index is -4.08. The van der Waals surface area contributed by atoms with Gasteiger partial charge in [-0.05, 0) is 19.1 Å². The molecule has 0 aliphatic carbocycles. The van der Waals surface area contributed by atoms with Gasteiger partial charge in [0.2, 0.25) is 10.0 Å². The fourth-order valence-electron chi connectivity index (χ4n) is 2.03. The zero-order valence-electron chi connectivity index (χ0n) is 11.6. The van der Waals surface area contributed by atoms with Gasteiger partial charge in [0.15, 0.2) is 4.90 Å². The van der Waals surface area contributed by atoms with E-state index in [0.717, 1.165) is 16.4 Å². The van der Waals surface area contributed by atoms with Gasteiger partial charge in [0, 0.05) is 24.2 Å². The quantitative estimate of drug-likeness (QED) is 0.452. The van der Waals surface area contributed by atoms with Crippen molar-refractivity contribution in [2.45, 2.75) is 11.8 Å². The van der Waals surface area contributed by atoms with Crippen molar-refractivity contribution in [1.29, 1.82) is 0 Å². The number of ether oxygens (including phenoxy) is 1. The first-order chi connectivity index (χ1) is 10.3. The molecule has 22 heavy (non-hydrogen) atoms. The van der Waals surface area contributed by atoms with Crippen LogP contribution in [0.1, 0.15) is 6.92 Å². The van der Waals surface area contributed by atoms with Crippen LogP contribution in [0.5, 0.6) is 0 Å². The Hall–Kier alpha value is -1.71. The summed E-state index contributed by atoms with van der Waals surface area (Å²) >= 11 is 5.73. The van der Waals surface area contributed by atoms with Crippen molar-refractivity contribution < 1.29 is 22.9 Å². The molecule has 1 aliphatic heterocycles. The number of hydrogen-bond acceptors (Lipinski definition) is 6. The Morgan fingerprint density at radius 1 is 1.50 bits per heavy atom. The molecule has 0 aromatic heterocycles.